The van der Waals surface area contributed by atoms with E-state index in [1.165, 1.54) is 6.20 Å². The van der Waals surface area contributed by atoms with Crippen molar-refractivity contribution in [2.24, 2.45) is 11.7 Å². The molecule has 2 N–H and O–H groups in total. The normalized spacial score (nSPS) is 21.5. The van der Waals surface area contributed by atoms with Crippen LogP contribution >= 0.6 is 0 Å². The van der Waals surface area contributed by atoms with Gasteiger partial charge in [-0.15, -0.1) is 0 Å². The second-order valence-electron chi connectivity index (χ2n) is 7.79. The van der Waals surface area contributed by atoms with Crippen molar-refractivity contribution < 1.29 is 9.53 Å². The molecule has 9 heteroatoms. The average Bonchev–Trinajstić information content (AvgIpc) is 3.30. The molecule has 0 radical (unpaired) electrons. The summed E-state index contributed by atoms with van der Waals surface area (Å²) < 4.78 is 9.03. The zero-order valence-electron chi connectivity index (χ0n) is 16.0. The minimum absolute atomic E-state index is 0.102. The quantitative estimate of drug-likeness (QED) is 0.715. The van der Waals surface area contributed by atoms with Gasteiger partial charge in [0.1, 0.15) is 22.9 Å². The average molecular weight is 391 g/mol. The summed E-state index contributed by atoms with van der Waals surface area (Å²) in [5, 5.41) is 18.0. The van der Waals surface area contributed by atoms with Crippen molar-refractivity contribution in [1.29, 1.82) is 5.26 Å². The number of nitrogens with zero attached hydrogens (tertiary/aromatic N) is 6. The summed E-state index contributed by atoms with van der Waals surface area (Å²) in [6, 6.07) is 4.38. The van der Waals surface area contributed by atoms with Crippen LogP contribution < -0.4 is 10.5 Å². The SMILES string of the molecule is COc1cc(-c2cnn(C3CN(C(=O)[C@H]4C[C@H](N)C4)C3)c2)cn2ncc(C#N)c12. The lowest BCUT2D eigenvalue weighted by atomic mass is 9.79. The Morgan fingerprint density at radius 3 is 2.72 bits per heavy atom. The number of carbonyl (C=O) groups excluding carboxylic acids is 1. The fraction of sp³-hybridized carbons (Fsp3) is 0.400. The number of aromatic nitrogens is 4. The molecule has 1 saturated carbocycles. The molecular formula is C20H21N7O2. The number of hydrogen-bond acceptors (Lipinski definition) is 6. The van der Waals surface area contributed by atoms with Gasteiger partial charge in [0.05, 0.1) is 25.5 Å². The number of pyridine rings is 1. The lowest BCUT2D eigenvalue weighted by Gasteiger charge is -2.43. The van der Waals surface area contributed by atoms with E-state index in [1.54, 1.807) is 17.8 Å². The molecule has 148 valence electrons. The highest BCUT2D eigenvalue weighted by atomic mass is 16.5. The predicted octanol–water partition coefficient (Wildman–Crippen LogP) is 1.20. The van der Waals surface area contributed by atoms with Gasteiger partial charge in [-0.3, -0.25) is 9.48 Å². The second-order valence-corrected chi connectivity index (χ2v) is 7.79. The maximum Gasteiger partial charge on any atom is 0.225 e. The summed E-state index contributed by atoms with van der Waals surface area (Å²) in [5.41, 5.74) is 8.73. The molecule has 3 aromatic heterocycles. The van der Waals surface area contributed by atoms with Crippen LogP contribution in [-0.4, -0.2) is 56.4 Å². The van der Waals surface area contributed by atoms with E-state index < -0.39 is 0 Å². The van der Waals surface area contributed by atoms with Gasteiger partial charge in [0.15, 0.2) is 0 Å². The topological polar surface area (TPSA) is 114 Å². The fourth-order valence-electron chi connectivity index (χ4n) is 4.09. The summed E-state index contributed by atoms with van der Waals surface area (Å²) in [4.78, 5) is 14.3. The van der Waals surface area contributed by atoms with Gasteiger partial charge in [-0.2, -0.15) is 15.5 Å². The van der Waals surface area contributed by atoms with Gasteiger partial charge >= 0.3 is 0 Å². The number of ether oxygens (including phenoxy) is 1. The molecule has 1 aliphatic heterocycles. The number of fused-ring (bicyclic) bond motifs is 1. The van der Waals surface area contributed by atoms with Gasteiger partial charge in [0, 0.05) is 48.6 Å². The van der Waals surface area contributed by atoms with Crippen LogP contribution in [0.25, 0.3) is 16.6 Å². The van der Waals surface area contributed by atoms with Crippen LogP contribution in [0, 0.1) is 17.2 Å². The van der Waals surface area contributed by atoms with Crippen LogP contribution in [0.15, 0.2) is 30.9 Å². The smallest absolute Gasteiger partial charge is 0.225 e. The monoisotopic (exact) mass is 391 g/mol. The molecule has 0 unspecified atom stereocenters. The van der Waals surface area contributed by atoms with Gasteiger partial charge in [-0.1, -0.05) is 0 Å². The van der Waals surface area contributed by atoms with Crippen LogP contribution in [0.5, 0.6) is 5.75 Å². The Hall–Kier alpha value is -3.38. The first-order chi connectivity index (χ1) is 14.1. The predicted molar refractivity (Wildman–Crippen MR) is 104 cm³/mol. The van der Waals surface area contributed by atoms with E-state index in [0.29, 0.717) is 29.9 Å². The molecule has 3 aromatic rings. The Morgan fingerprint density at radius 2 is 2.03 bits per heavy atom. The second kappa shape index (κ2) is 6.60. The van der Waals surface area contributed by atoms with Crippen molar-refractivity contribution in [3.8, 4) is 22.9 Å². The maximum atomic E-state index is 12.4. The van der Waals surface area contributed by atoms with Gasteiger partial charge < -0.3 is 15.4 Å². The van der Waals surface area contributed by atoms with Crippen molar-refractivity contribution in [3.05, 3.63) is 36.4 Å². The molecular weight excluding hydrogens is 370 g/mol. The van der Waals surface area contributed by atoms with Crippen molar-refractivity contribution in [2.45, 2.75) is 24.9 Å². The Balaban J connectivity index is 1.33. The van der Waals surface area contributed by atoms with Crippen molar-refractivity contribution in [1.82, 2.24) is 24.3 Å². The molecule has 0 atom stereocenters. The number of hydrogen-bond donors (Lipinski definition) is 1. The summed E-state index contributed by atoms with van der Waals surface area (Å²) in [5.74, 6) is 0.909. The number of nitrogens with two attached hydrogens (primary N) is 1. The molecule has 9 nitrogen and oxygen atoms in total. The van der Waals surface area contributed by atoms with E-state index in [0.717, 1.165) is 24.0 Å². The standard InChI is InChI=1S/C20H21N7O2/c1-29-18-4-13(8-27-19(18)14(5-21)6-24-27)15-7-23-26(9-15)17-10-25(11-17)20(28)12-2-16(22)3-12/h4,6-9,12,16-17H,2-3,10-11,22H2,1H3/t12-,16-. The van der Waals surface area contributed by atoms with E-state index in [1.807, 2.05) is 28.0 Å². The summed E-state index contributed by atoms with van der Waals surface area (Å²) in [6.45, 7) is 1.36. The first kappa shape index (κ1) is 17.7. The number of likely N-dealkylation sites (tertiary alicyclic amines) is 1. The molecule has 2 aliphatic rings. The van der Waals surface area contributed by atoms with Crippen LogP contribution in [0.3, 0.4) is 0 Å². The largest absolute Gasteiger partial charge is 0.494 e. The minimum Gasteiger partial charge on any atom is -0.494 e. The first-order valence-corrected chi connectivity index (χ1v) is 9.61. The van der Waals surface area contributed by atoms with E-state index in [4.69, 9.17) is 10.5 Å². The van der Waals surface area contributed by atoms with Crippen molar-refractivity contribution in [3.63, 3.8) is 0 Å². The number of nitriles is 1. The van der Waals surface area contributed by atoms with Crippen LogP contribution in [0.2, 0.25) is 0 Å². The highest BCUT2D eigenvalue weighted by Gasteiger charge is 2.40. The van der Waals surface area contributed by atoms with E-state index >= 15 is 0 Å². The number of amides is 1. The molecule has 0 aromatic carbocycles. The third-order valence-electron chi connectivity index (χ3n) is 5.92. The lowest BCUT2D eigenvalue weighted by molar-refractivity contribution is -0.144. The van der Waals surface area contributed by atoms with Gasteiger partial charge in [0.25, 0.3) is 0 Å². The minimum atomic E-state index is 0.102. The third-order valence-corrected chi connectivity index (χ3v) is 5.92. The van der Waals surface area contributed by atoms with Crippen molar-refractivity contribution >= 4 is 11.4 Å². The van der Waals surface area contributed by atoms with Crippen LogP contribution in [0.4, 0.5) is 0 Å². The highest BCUT2D eigenvalue weighted by Crippen LogP contribution is 2.33. The van der Waals surface area contributed by atoms with Gasteiger partial charge in [0.2, 0.25) is 5.91 Å². The third kappa shape index (κ3) is 2.84. The number of rotatable bonds is 4. The molecule has 0 bridgehead atoms. The molecule has 0 spiro atoms. The van der Waals surface area contributed by atoms with Crippen LogP contribution in [0.1, 0.15) is 24.4 Å². The maximum absolute atomic E-state index is 12.4. The molecule has 29 heavy (non-hydrogen) atoms. The Kier molecular flexibility index (Phi) is 4.03. The van der Waals surface area contributed by atoms with Crippen molar-refractivity contribution in [2.75, 3.05) is 20.2 Å². The molecule has 4 heterocycles. The molecule has 2 fully saturated rings. The zero-order chi connectivity index (χ0) is 20.1. The summed E-state index contributed by atoms with van der Waals surface area (Å²) >= 11 is 0. The number of methoxy groups -OCH3 is 1. The van der Waals surface area contributed by atoms with E-state index in [-0.39, 0.29) is 23.9 Å². The van der Waals surface area contributed by atoms with E-state index in [9.17, 15) is 10.1 Å². The van der Waals surface area contributed by atoms with Gasteiger partial charge in [-0.25, -0.2) is 4.52 Å². The Morgan fingerprint density at radius 1 is 1.24 bits per heavy atom. The first-order valence-electron chi connectivity index (χ1n) is 9.61. The zero-order valence-corrected chi connectivity index (χ0v) is 16.0. The lowest BCUT2D eigenvalue weighted by Crippen LogP contribution is -2.55. The molecule has 1 saturated heterocycles. The highest BCUT2D eigenvalue weighted by molar-refractivity contribution is 5.80. The molecule has 1 aliphatic carbocycles. The fourth-order valence-corrected chi connectivity index (χ4v) is 4.09. The molecule has 5 rings (SSSR count). The Labute approximate surface area is 167 Å². The Bertz CT molecular complexity index is 1130. The van der Waals surface area contributed by atoms with E-state index in [2.05, 4.69) is 16.3 Å². The summed E-state index contributed by atoms with van der Waals surface area (Å²) in [7, 11) is 1.58. The molecule has 1 amide bonds. The van der Waals surface area contributed by atoms with Crippen LogP contribution in [-0.2, 0) is 4.79 Å². The van der Waals surface area contributed by atoms with Gasteiger partial charge in [-0.05, 0) is 18.9 Å². The number of carbonyl (C=O) groups is 1. The summed E-state index contributed by atoms with van der Waals surface area (Å²) in [6.07, 6.45) is 8.76.